The highest BCUT2D eigenvalue weighted by Crippen LogP contribution is 2.42. The van der Waals surface area contributed by atoms with Gasteiger partial charge in [0.05, 0.1) is 11.0 Å². The maximum atomic E-state index is 10.0. The molecule has 15 heavy (non-hydrogen) atoms. The van der Waals surface area contributed by atoms with Gasteiger partial charge in [0.15, 0.2) is 11.5 Å². The number of carbonyl (C=O) groups excluding carboxylic acids is 1. The molecule has 0 unspecified atom stereocenters. The Kier molecular flexibility index (Phi) is 2.75. The summed E-state index contributed by atoms with van der Waals surface area (Å²) >= 11 is 3.43. The lowest BCUT2D eigenvalue weighted by atomic mass is 10.1. The Bertz CT molecular complexity index is 452. The second kappa shape index (κ2) is 4.04. The first-order valence-electron chi connectivity index (χ1n) is 4.35. The summed E-state index contributed by atoms with van der Waals surface area (Å²) in [6.45, 7) is 2.47. The van der Waals surface area contributed by atoms with E-state index in [0.717, 1.165) is 15.6 Å². The van der Waals surface area contributed by atoms with Crippen molar-refractivity contribution in [2.75, 3.05) is 6.79 Å². The fraction of sp³-hybridized carbons (Fsp3) is 0.300. The van der Waals surface area contributed by atoms with E-state index in [-0.39, 0.29) is 6.79 Å². The Morgan fingerprint density at radius 3 is 3.13 bits per heavy atom. The molecule has 2 rings (SSSR count). The number of hydrogen-bond donors (Lipinski definition) is 0. The molecule has 5 heteroatoms. The third kappa shape index (κ3) is 1.76. The van der Waals surface area contributed by atoms with Crippen molar-refractivity contribution in [3.05, 3.63) is 21.7 Å². The van der Waals surface area contributed by atoms with Crippen LogP contribution in [0, 0.1) is 6.92 Å². The number of ether oxygens (including phenoxy) is 2. The van der Waals surface area contributed by atoms with Gasteiger partial charge in [-0.05, 0) is 40.0 Å². The first-order chi connectivity index (χ1) is 7.24. The number of benzene rings is 1. The molecule has 78 valence electrons. The highest BCUT2D eigenvalue weighted by molar-refractivity contribution is 9.10. The van der Waals surface area contributed by atoms with E-state index in [1.807, 2.05) is 13.0 Å². The summed E-state index contributed by atoms with van der Waals surface area (Å²) in [7, 11) is 0. The second-order valence-corrected chi connectivity index (χ2v) is 3.91. The lowest BCUT2D eigenvalue weighted by Crippen LogP contribution is -1.93. The maximum Gasteiger partial charge on any atom is 0.235 e. The molecule has 0 amide bonds. The number of fused-ring (bicyclic) bond motifs is 1. The van der Waals surface area contributed by atoms with Gasteiger partial charge in [-0.1, -0.05) is 0 Å². The van der Waals surface area contributed by atoms with Crippen LogP contribution >= 0.6 is 15.9 Å². The molecule has 0 atom stereocenters. The number of isocyanates is 1. The van der Waals surface area contributed by atoms with Crippen molar-refractivity contribution >= 4 is 22.0 Å². The minimum Gasteiger partial charge on any atom is -0.454 e. The molecule has 0 fully saturated rings. The van der Waals surface area contributed by atoms with Crippen LogP contribution in [0.25, 0.3) is 0 Å². The highest BCUT2D eigenvalue weighted by Gasteiger charge is 2.20. The van der Waals surface area contributed by atoms with Crippen LogP contribution in [-0.4, -0.2) is 12.9 Å². The molecule has 0 saturated heterocycles. The van der Waals surface area contributed by atoms with Crippen LogP contribution in [0.1, 0.15) is 11.1 Å². The van der Waals surface area contributed by atoms with Crippen LogP contribution in [0.15, 0.2) is 15.5 Å². The Labute approximate surface area is 95.0 Å². The Balaban J connectivity index is 2.48. The monoisotopic (exact) mass is 269 g/mol. The molecule has 1 aromatic rings. The summed E-state index contributed by atoms with van der Waals surface area (Å²) in [6, 6.07) is 1.84. The van der Waals surface area contributed by atoms with Crippen molar-refractivity contribution in [2.24, 2.45) is 4.99 Å². The van der Waals surface area contributed by atoms with Gasteiger partial charge in [-0.25, -0.2) is 9.79 Å². The van der Waals surface area contributed by atoms with Crippen molar-refractivity contribution in [3.8, 4) is 11.5 Å². The van der Waals surface area contributed by atoms with Crippen molar-refractivity contribution in [3.63, 3.8) is 0 Å². The molecule has 1 aliphatic rings. The van der Waals surface area contributed by atoms with Gasteiger partial charge >= 0.3 is 0 Å². The zero-order valence-corrected chi connectivity index (χ0v) is 9.63. The lowest BCUT2D eigenvalue weighted by Gasteiger charge is -2.07. The van der Waals surface area contributed by atoms with Crippen molar-refractivity contribution in [2.45, 2.75) is 13.5 Å². The molecule has 1 aliphatic heterocycles. The summed E-state index contributed by atoms with van der Waals surface area (Å²) in [6.07, 6.45) is 1.52. The number of aliphatic imine (C=N–C) groups is 1. The quantitative estimate of drug-likeness (QED) is 0.612. The third-order valence-corrected chi connectivity index (χ3v) is 3.23. The molecule has 0 aromatic heterocycles. The SMILES string of the molecule is Cc1c(CN=C=O)cc2c(c1Br)OCO2. The van der Waals surface area contributed by atoms with Gasteiger partial charge in [0, 0.05) is 0 Å². The number of halogens is 1. The lowest BCUT2D eigenvalue weighted by molar-refractivity contribution is 0.173. The zero-order chi connectivity index (χ0) is 10.8. The molecule has 0 spiro atoms. The van der Waals surface area contributed by atoms with Crippen LogP contribution in [0.3, 0.4) is 0 Å². The molecule has 4 nitrogen and oxygen atoms in total. The van der Waals surface area contributed by atoms with Gasteiger partial charge in [0.1, 0.15) is 0 Å². The van der Waals surface area contributed by atoms with Gasteiger partial charge in [0.25, 0.3) is 0 Å². The summed E-state index contributed by atoms with van der Waals surface area (Å²) in [5, 5.41) is 0. The minimum atomic E-state index is 0.230. The predicted molar refractivity (Wildman–Crippen MR) is 56.8 cm³/mol. The van der Waals surface area contributed by atoms with E-state index < -0.39 is 0 Å². The Morgan fingerprint density at radius 1 is 1.60 bits per heavy atom. The first kappa shape index (κ1) is 10.2. The average molecular weight is 270 g/mol. The van der Waals surface area contributed by atoms with E-state index in [1.54, 1.807) is 0 Å². The predicted octanol–water partition coefficient (Wildman–Crippen LogP) is 2.32. The Morgan fingerprint density at radius 2 is 2.40 bits per heavy atom. The fourth-order valence-electron chi connectivity index (χ4n) is 1.43. The van der Waals surface area contributed by atoms with Gasteiger partial charge < -0.3 is 9.47 Å². The topological polar surface area (TPSA) is 47.9 Å². The van der Waals surface area contributed by atoms with E-state index >= 15 is 0 Å². The van der Waals surface area contributed by atoms with Crippen LogP contribution in [0.2, 0.25) is 0 Å². The van der Waals surface area contributed by atoms with E-state index in [2.05, 4.69) is 20.9 Å². The number of nitrogens with zero attached hydrogens (tertiary/aromatic N) is 1. The van der Waals surface area contributed by atoms with Crippen LogP contribution in [0.4, 0.5) is 0 Å². The molecule has 1 aromatic carbocycles. The van der Waals surface area contributed by atoms with E-state index in [1.165, 1.54) is 6.08 Å². The molecule has 0 aliphatic carbocycles. The van der Waals surface area contributed by atoms with Crippen molar-refractivity contribution in [1.29, 1.82) is 0 Å². The van der Waals surface area contributed by atoms with E-state index in [9.17, 15) is 4.79 Å². The molecular formula is C10H8BrNO3. The summed E-state index contributed by atoms with van der Waals surface area (Å²) in [5.41, 5.74) is 1.92. The second-order valence-electron chi connectivity index (χ2n) is 3.12. The molecule has 0 bridgehead atoms. The Hall–Kier alpha value is -1.32. The van der Waals surface area contributed by atoms with E-state index in [4.69, 9.17) is 9.47 Å². The fourth-order valence-corrected chi connectivity index (χ4v) is 1.99. The van der Waals surface area contributed by atoms with Gasteiger partial charge in [-0.2, -0.15) is 0 Å². The summed E-state index contributed by atoms with van der Waals surface area (Å²) < 4.78 is 11.4. The molecule has 0 saturated carbocycles. The largest absolute Gasteiger partial charge is 0.454 e. The van der Waals surface area contributed by atoms with Crippen LogP contribution < -0.4 is 9.47 Å². The van der Waals surface area contributed by atoms with Gasteiger partial charge in [0.2, 0.25) is 12.9 Å². The molecular weight excluding hydrogens is 262 g/mol. The van der Waals surface area contributed by atoms with Crippen LogP contribution in [-0.2, 0) is 11.3 Å². The summed E-state index contributed by atoms with van der Waals surface area (Å²) in [4.78, 5) is 13.6. The van der Waals surface area contributed by atoms with Gasteiger partial charge in [-0.3, -0.25) is 0 Å². The van der Waals surface area contributed by atoms with E-state index in [0.29, 0.717) is 18.0 Å². The highest BCUT2D eigenvalue weighted by atomic mass is 79.9. The van der Waals surface area contributed by atoms with Crippen molar-refractivity contribution < 1.29 is 14.3 Å². The molecule has 0 N–H and O–H groups in total. The summed E-state index contributed by atoms with van der Waals surface area (Å²) in [5.74, 6) is 1.40. The number of hydrogen-bond acceptors (Lipinski definition) is 4. The minimum absolute atomic E-state index is 0.230. The van der Waals surface area contributed by atoms with Crippen molar-refractivity contribution in [1.82, 2.24) is 0 Å². The van der Waals surface area contributed by atoms with Gasteiger partial charge in [-0.15, -0.1) is 0 Å². The first-order valence-corrected chi connectivity index (χ1v) is 5.14. The average Bonchev–Trinajstić information content (AvgIpc) is 2.69. The smallest absolute Gasteiger partial charge is 0.235 e. The maximum absolute atomic E-state index is 10.0. The zero-order valence-electron chi connectivity index (χ0n) is 8.04. The van der Waals surface area contributed by atoms with Crippen LogP contribution in [0.5, 0.6) is 11.5 Å². The normalized spacial score (nSPS) is 12.4. The number of rotatable bonds is 2. The third-order valence-electron chi connectivity index (χ3n) is 2.27. The molecule has 1 heterocycles. The standard InChI is InChI=1S/C10H8BrNO3/c1-6-7(3-12-4-13)2-8-10(9(6)11)15-5-14-8/h2H,3,5H2,1H3. The molecule has 0 radical (unpaired) electrons.